The lowest BCUT2D eigenvalue weighted by Gasteiger charge is -2.46. The molecule has 0 bridgehead atoms. The number of nitrogens with zero attached hydrogens (tertiary/aromatic N) is 4. The van der Waals surface area contributed by atoms with Gasteiger partial charge in [-0.1, -0.05) is 42.3 Å². The molecule has 2 atom stereocenters. The minimum Gasteiger partial charge on any atom is -0.337 e. The third-order valence-corrected chi connectivity index (χ3v) is 5.67. The second-order valence-corrected chi connectivity index (χ2v) is 7.28. The molecule has 0 spiro atoms. The number of hydrogen-bond donors (Lipinski definition) is 0. The molecule has 0 radical (unpaired) electrons. The number of carbonyl (C=O) groups excluding carboxylic acids is 2. The van der Waals surface area contributed by atoms with E-state index >= 15 is 0 Å². The van der Waals surface area contributed by atoms with Crippen LogP contribution in [0, 0.1) is 12.8 Å². The van der Waals surface area contributed by atoms with E-state index < -0.39 is 0 Å². The molecule has 7 heteroatoms. The predicted octanol–water partition coefficient (Wildman–Crippen LogP) is 3.39. The lowest BCUT2D eigenvalue weighted by Crippen LogP contribution is -2.61. The molecule has 2 unspecified atom stereocenters. The highest BCUT2D eigenvalue weighted by Crippen LogP contribution is 2.35. The zero-order chi connectivity index (χ0) is 19.0. The summed E-state index contributed by atoms with van der Waals surface area (Å²) >= 11 is 0. The number of amides is 3. The summed E-state index contributed by atoms with van der Waals surface area (Å²) in [5, 5.41) is 4.09. The zero-order valence-corrected chi connectivity index (χ0v) is 15.7. The van der Waals surface area contributed by atoms with Crippen LogP contribution in [0.4, 0.5) is 4.79 Å². The van der Waals surface area contributed by atoms with Crippen molar-refractivity contribution in [2.45, 2.75) is 52.1 Å². The molecular formula is C20H24N4O3. The number of imide groups is 1. The number of aromatic nitrogens is 2. The molecule has 142 valence electrons. The maximum Gasteiger partial charge on any atom is 0.327 e. The van der Waals surface area contributed by atoms with Gasteiger partial charge in [-0.2, -0.15) is 4.98 Å². The summed E-state index contributed by atoms with van der Waals surface area (Å²) < 4.78 is 5.44. The molecule has 2 fully saturated rings. The topological polar surface area (TPSA) is 79.5 Å². The van der Waals surface area contributed by atoms with Crippen molar-refractivity contribution >= 4 is 11.9 Å². The van der Waals surface area contributed by atoms with Gasteiger partial charge in [-0.05, 0) is 32.3 Å². The lowest BCUT2D eigenvalue weighted by molar-refractivity contribution is -0.140. The standard InChI is InChI=1S/C20H24N4O3/c1-3-23-19(25)15-10-6-7-11-16(15)24(20(23)26)12-17-21-18(22-27-17)14-9-5-4-8-13(14)2/h4-5,8-9,15-16H,3,6-7,10-12H2,1-2H3. The normalized spacial score (nSPS) is 22.9. The highest BCUT2D eigenvalue weighted by atomic mass is 16.5. The van der Waals surface area contributed by atoms with Crippen LogP contribution in [0.1, 0.15) is 44.1 Å². The predicted molar refractivity (Wildman–Crippen MR) is 98.5 cm³/mol. The van der Waals surface area contributed by atoms with Gasteiger partial charge in [0.2, 0.25) is 17.6 Å². The van der Waals surface area contributed by atoms with Gasteiger partial charge >= 0.3 is 6.03 Å². The van der Waals surface area contributed by atoms with Crippen LogP contribution in [0.15, 0.2) is 28.8 Å². The number of rotatable bonds is 4. The quantitative estimate of drug-likeness (QED) is 0.826. The largest absolute Gasteiger partial charge is 0.337 e. The van der Waals surface area contributed by atoms with Crippen LogP contribution < -0.4 is 0 Å². The average molecular weight is 368 g/mol. The molecule has 1 aliphatic carbocycles. The van der Waals surface area contributed by atoms with Crippen LogP contribution in [0.5, 0.6) is 0 Å². The first kappa shape index (κ1) is 17.7. The van der Waals surface area contributed by atoms with Crippen molar-refractivity contribution in [2.75, 3.05) is 6.54 Å². The van der Waals surface area contributed by atoms with Gasteiger partial charge in [0.05, 0.1) is 5.92 Å². The fourth-order valence-electron chi connectivity index (χ4n) is 4.24. The van der Waals surface area contributed by atoms with Crippen LogP contribution in [-0.4, -0.2) is 44.5 Å². The summed E-state index contributed by atoms with van der Waals surface area (Å²) in [7, 11) is 0. The number of hydrogen-bond acceptors (Lipinski definition) is 5. The zero-order valence-electron chi connectivity index (χ0n) is 15.7. The third-order valence-electron chi connectivity index (χ3n) is 5.67. The fraction of sp³-hybridized carbons (Fsp3) is 0.500. The van der Waals surface area contributed by atoms with Crippen LogP contribution in [0.3, 0.4) is 0 Å². The van der Waals surface area contributed by atoms with Gasteiger partial charge in [-0.25, -0.2) is 4.79 Å². The monoisotopic (exact) mass is 368 g/mol. The summed E-state index contributed by atoms with van der Waals surface area (Å²) in [6, 6.07) is 7.52. The smallest absolute Gasteiger partial charge is 0.327 e. The Morgan fingerprint density at radius 1 is 1.19 bits per heavy atom. The molecule has 2 aromatic rings. The van der Waals surface area contributed by atoms with Crippen LogP contribution in [-0.2, 0) is 11.3 Å². The molecule has 1 aromatic carbocycles. The first-order chi connectivity index (χ1) is 13.1. The van der Waals surface area contributed by atoms with Gasteiger partial charge in [0.25, 0.3) is 0 Å². The SMILES string of the molecule is CCN1C(=O)C2CCCCC2N(Cc2nc(-c3ccccc3C)no2)C1=O. The Kier molecular flexibility index (Phi) is 4.68. The molecular weight excluding hydrogens is 344 g/mol. The molecule has 1 saturated carbocycles. The Bertz CT molecular complexity index is 862. The molecule has 7 nitrogen and oxygen atoms in total. The summed E-state index contributed by atoms with van der Waals surface area (Å²) in [6.07, 6.45) is 3.74. The highest BCUT2D eigenvalue weighted by molar-refractivity contribution is 5.98. The van der Waals surface area contributed by atoms with Crippen LogP contribution in [0.2, 0.25) is 0 Å². The number of fused-ring (bicyclic) bond motifs is 1. The molecule has 1 aliphatic heterocycles. The van der Waals surface area contributed by atoms with Crippen molar-refractivity contribution in [1.82, 2.24) is 19.9 Å². The first-order valence-corrected chi connectivity index (χ1v) is 9.60. The van der Waals surface area contributed by atoms with Gasteiger partial charge in [0, 0.05) is 18.2 Å². The van der Waals surface area contributed by atoms with E-state index in [-0.39, 0.29) is 30.4 Å². The fourth-order valence-corrected chi connectivity index (χ4v) is 4.24. The van der Waals surface area contributed by atoms with Gasteiger partial charge in [-0.3, -0.25) is 9.69 Å². The van der Waals surface area contributed by atoms with Crippen molar-refractivity contribution in [3.8, 4) is 11.4 Å². The maximum absolute atomic E-state index is 12.9. The minimum atomic E-state index is -0.249. The van der Waals surface area contributed by atoms with E-state index in [0.717, 1.165) is 36.8 Å². The van der Waals surface area contributed by atoms with Crippen LogP contribution in [0.25, 0.3) is 11.4 Å². The summed E-state index contributed by atoms with van der Waals surface area (Å²) in [5.41, 5.74) is 1.98. The van der Waals surface area contributed by atoms with Crippen molar-refractivity contribution in [1.29, 1.82) is 0 Å². The van der Waals surface area contributed by atoms with Crippen molar-refractivity contribution < 1.29 is 14.1 Å². The Morgan fingerprint density at radius 3 is 2.74 bits per heavy atom. The van der Waals surface area contributed by atoms with Gasteiger partial charge < -0.3 is 9.42 Å². The number of urea groups is 1. The van der Waals surface area contributed by atoms with E-state index in [4.69, 9.17) is 4.52 Å². The Hall–Kier alpha value is -2.70. The summed E-state index contributed by atoms with van der Waals surface area (Å²) in [6.45, 7) is 4.45. The number of benzene rings is 1. The average Bonchev–Trinajstić information content (AvgIpc) is 3.14. The molecule has 3 amide bonds. The Balaban J connectivity index is 1.60. The van der Waals surface area contributed by atoms with E-state index in [0.29, 0.717) is 18.3 Å². The van der Waals surface area contributed by atoms with E-state index in [9.17, 15) is 9.59 Å². The van der Waals surface area contributed by atoms with Crippen LogP contribution >= 0.6 is 0 Å². The highest BCUT2D eigenvalue weighted by Gasteiger charge is 2.46. The molecule has 0 N–H and O–H groups in total. The summed E-state index contributed by atoms with van der Waals surface area (Å²) in [4.78, 5) is 33.2. The Morgan fingerprint density at radius 2 is 1.96 bits per heavy atom. The first-order valence-electron chi connectivity index (χ1n) is 9.60. The third kappa shape index (κ3) is 3.11. The van der Waals surface area contributed by atoms with E-state index in [1.807, 2.05) is 38.1 Å². The van der Waals surface area contributed by atoms with Crippen molar-refractivity contribution in [3.63, 3.8) is 0 Å². The molecule has 1 saturated heterocycles. The van der Waals surface area contributed by atoms with Gasteiger partial charge in [0.1, 0.15) is 6.54 Å². The molecule has 27 heavy (non-hydrogen) atoms. The lowest BCUT2D eigenvalue weighted by atomic mass is 9.81. The number of carbonyl (C=O) groups is 2. The number of aryl methyl sites for hydroxylation is 1. The minimum absolute atomic E-state index is 0.0328. The molecule has 2 heterocycles. The van der Waals surface area contributed by atoms with Gasteiger partial charge in [0.15, 0.2) is 0 Å². The maximum atomic E-state index is 12.9. The van der Waals surface area contributed by atoms with Crippen molar-refractivity contribution in [3.05, 3.63) is 35.7 Å². The van der Waals surface area contributed by atoms with E-state index in [1.165, 1.54) is 4.90 Å². The second kappa shape index (κ2) is 7.13. The Labute approximate surface area is 158 Å². The van der Waals surface area contributed by atoms with E-state index in [1.54, 1.807) is 4.90 Å². The van der Waals surface area contributed by atoms with Crippen molar-refractivity contribution in [2.24, 2.45) is 5.92 Å². The molecule has 1 aromatic heterocycles. The van der Waals surface area contributed by atoms with Gasteiger partial charge in [-0.15, -0.1) is 0 Å². The van der Waals surface area contributed by atoms with E-state index in [2.05, 4.69) is 10.1 Å². The molecule has 4 rings (SSSR count). The second-order valence-electron chi connectivity index (χ2n) is 7.28. The molecule has 2 aliphatic rings. The summed E-state index contributed by atoms with van der Waals surface area (Å²) in [5.74, 6) is 0.775.